The number of hydrogen-bond acceptors (Lipinski definition) is 5. The Morgan fingerprint density at radius 2 is 1.77 bits per heavy atom. The number of carbonyl (C=O) groups excluding carboxylic acids is 2. The standard InChI is InChI=1S/C32H41N5O3/c1-21(2)18-27-30(38)37(20-24-10-9-13-26(19-24)40-5)32(31(39)33-27)14-16-36(17-15-32)29(25-11-7-6-8-12-25)28-22(3)34-35-23(28)4/h6-13,19,21,27,29H,14-18,20H2,1-5H3,(H,33,39)(H,34,35). The molecule has 2 aromatic carbocycles. The Morgan fingerprint density at radius 3 is 2.40 bits per heavy atom. The molecule has 2 fully saturated rings. The molecule has 8 nitrogen and oxygen atoms in total. The third kappa shape index (κ3) is 5.24. The number of nitrogens with zero attached hydrogens (tertiary/aromatic N) is 3. The van der Waals surface area contributed by atoms with Crippen molar-refractivity contribution in [3.8, 4) is 5.75 Å². The number of hydrogen-bond donors (Lipinski definition) is 2. The molecule has 8 heteroatoms. The van der Waals surface area contributed by atoms with Crippen LogP contribution in [-0.4, -0.2) is 63.6 Å². The van der Waals surface area contributed by atoms with Gasteiger partial charge in [0.05, 0.1) is 18.8 Å². The molecule has 3 aromatic rings. The molecule has 0 saturated carbocycles. The Bertz CT molecular complexity index is 1320. The fourth-order valence-corrected chi connectivity index (χ4v) is 6.50. The molecular weight excluding hydrogens is 502 g/mol. The van der Waals surface area contributed by atoms with Gasteiger partial charge in [0, 0.05) is 30.9 Å². The Hall–Kier alpha value is -3.65. The van der Waals surface area contributed by atoms with Crippen molar-refractivity contribution in [1.82, 2.24) is 25.3 Å². The predicted molar refractivity (Wildman–Crippen MR) is 155 cm³/mol. The molecule has 0 bridgehead atoms. The average molecular weight is 544 g/mol. The van der Waals surface area contributed by atoms with Crippen LogP contribution in [-0.2, 0) is 16.1 Å². The summed E-state index contributed by atoms with van der Waals surface area (Å²) in [6.07, 6.45) is 1.74. The summed E-state index contributed by atoms with van der Waals surface area (Å²) in [6, 6.07) is 17.8. The van der Waals surface area contributed by atoms with E-state index < -0.39 is 11.6 Å². The van der Waals surface area contributed by atoms with Crippen LogP contribution in [0.15, 0.2) is 54.6 Å². The lowest BCUT2D eigenvalue weighted by Crippen LogP contribution is -2.72. The van der Waals surface area contributed by atoms with E-state index in [2.05, 4.69) is 65.5 Å². The number of carbonyl (C=O) groups is 2. The van der Waals surface area contributed by atoms with Crippen molar-refractivity contribution in [3.05, 3.63) is 82.7 Å². The summed E-state index contributed by atoms with van der Waals surface area (Å²) < 4.78 is 5.44. The molecule has 2 N–H and O–H groups in total. The summed E-state index contributed by atoms with van der Waals surface area (Å²) in [6.45, 7) is 9.99. The number of nitrogens with one attached hydrogen (secondary N) is 2. The molecule has 0 radical (unpaired) electrons. The maximum Gasteiger partial charge on any atom is 0.246 e. The van der Waals surface area contributed by atoms with E-state index in [9.17, 15) is 9.59 Å². The number of aryl methyl sites for hydroxylation is 2. The fraction of sp³-hybridized carbons (Fsp3) is 0.469. The first-order valence-corrected chi connectivity index (χ1v) is 14.3. The van der Waals surface area contributed by atoms with Crippen molar-refractivity contribution in [2.75, 3.05) is 20.2 Å². The van der Waals surface area contributed by atoms with Crippen LogP contribution in [0.4, 0.5) is 0 Å². The van der Waals surface area contributed by atoms with Crippen molar-refractivity contribution in [1.29, 1.82) is 0 Å². The minimum atomic E-state index is -0.897. The quantitative estimate of drug-likeness (QED) is 0.436. The number of benzene rings is 2. The number of piperazine rings is 1. The molecule has 2 unspecified atom stereocenters. The highest BCUT2D eigenvalue weighted by Crippen LogP contribution is 2.40. The van der Waals surface area contributed by atoms with Crippen molar-refractivity contribution in [3.63, 3.8) is 0 Å². The smallest absolute Gasteiger partial charge is 0.246 e. The lowest BCUT2D eigenvalue weighted by Gasteiger charge is -2.52. The number of aromatic amines is 1. The number of methoxy groups -OCH3 is 1. The molecule has 3 heterocycles. The predicted octanol–water partition coefficient (Wildman–Crippen LogP) is 4.53. The number of ether oxygens (including phenoxy) is 1. The van der Waals surface area contributed by atoms with Gasteiger partial charge >= 0.3 is 0 Å². The number of piperidine rings is 1. The Balaban J connectivity index is 1.47. The van der Waals surface area contributed by atoms with Crippen molar-refractivity contribution < 1.29 is 14.3 Å². The van der Waals surface area contributed by atoms with Crippen LogP contribution in [0.3, 0.4) is 0 Å². The second-order valence-corrected chi connectivity index (χ2v) is 11.7. The van der Waals surface area contributed by atoms with Gasteiger partial charge in [-0.25, -0.2) is 0 Å². The first-order valence-electron chi connectivity index (χ1n) is 14.3. The molecule has 212 valence electrons. The fourth-order valence-electron chi connectivity index (χ4n) is 6.50. The normalized spacial score (nSPS) is 20.1. The molecule has 5 rings (SSSR count). The highest BCUT2D eigenvalue weighted by molar-refractivity contribution is 6.00. The van der Waals surface area contributed by atoms with E-state index in [-0.39, 0.29) is 23.8 Å². The number of H-pyrrole nitrogens is 1. The monoisotopic (exact) mass is 543 g/mol. The maximum atomic E-state index is 14.0. The van der Waals surface area contributed by atoms with Crippen LogP contribution >= 0.6 is 0 Å². The molecule has 2 aliphatic heterocycles. The summed E-state index contributed by atoms with van der Waals surface area (Å²) in [5.41, 5.74) is 4.46. The van der Waals surface area contributed by atoms with E-state index >= 15 is 0 Å². The van der Waals surface area contributed by atoms with E-state index in [1.54, 1.807) is 7.11 Å². The second-order valence-electron chi connectivity index (χ2n) is 11.7. The lowest BCUT2D eigenvalue weighted by molar-refractivity contribution is -0.163. The molecule has 2 saturated heterocycles. The summed E-state index contributed by atoms with van der Waals surface area (Å²) >= 11 is 0. The molecule has 0 aliphatic carbocycles. The van der Waals surface area contributed by atoms with Gasteiger partial charge in [-0.3, -0.25) is 19.6 Å². The lowest BCUT2D eigenvalue weighted by atomic mass is 9.79. The summed E-state index contributed by atoms with van der Waals surface area (Å²) in [5.74, 6) is 1.00. The van der Waals surface area contributed by atoms with Crippen LogP contribution < -0.4 is 10.1 Å². The Morgan fingerprint density at radius 1 is 1.05 bits per heavy atom. The summed E-state index contributed by atoms with van der Waals surface area (Å²) in [4.78, 5) is 32.3. The topological polar surface area (TPSA) is 90.6 Å². The van der Waals surface area contributed by atoms with Gasteiger partial charge in [0.15, 0.2) is 0 Å². The number of amides is 2. The van der Waals surface area contributed by atoms with Crippen molar-refractivity contribution in [2.45, 2.75) is 71.1 Å². The van der Waals surface area contributed by atoms with Gasteiger partial charge in [0.2, 0.25) is 11.8 Å². The minimum Gasteiger partial charge on any atom is -0.497 e. The zero-order valence-corrected chi connectivity index (χ0v) is 24.2. The van der Waals surface area contributed by atoms with Crippen molar-refractivity contribution in [2.24, 2.45) is 5.92 Å². The van der Waals surface area contributed by atoms with Crippen molar-refractivity contribution >= 4 is 11.8 Å². The molecule has 2 amide bonds. The third-order valence-electron chi connectivity index (χ3n) is 8.55. The first kappa shape index (κ1) is 27.9. The van der Waals surface area contributed by atoms with Gasteiger partial charge in [0.25, 0.3) is 0 Å². The molecule has 2 aliphatic rings. The number of likely N-dealkylation sites (tertiary alicyclic amines) is 1. The minimum absolute atomic E-state index is 0.00528. The Labute approximate surface area is 237 Å². The van der Waals surface area contributed by atoms with Gasteiger partial charge in [-0.1, -0.05) is 56.3 Å². The third-order valence-corrected chi connectivity index (χ3v) is 8.55. The highest BCUT2D eigenvalue weighted by atomic mass is 16.5. The Kier molecular flexibility index (Phi) is 7.99. The van der Waals surface area contributed by atoms with E-state index in [1.165, 1.54) is 11.1 Å². The van der Waals surface area contributed by atoms with Gasteiger partial charge in [-0.15, -0.1) is 0 Å². The number of rotatable bonds is 8. The number of aromatic nitrogens is 2. The van der Waals surface area contributed by atoms with E-state index in [0.29, 0.717) is 38.9 Å². The van der Waals surface area contributed by atoms with E-state index in [0.717, 1.165) is 22.7 Å². The maximum absolute atomic E-state index is 14.0. The van der Waals surface area contributed by atoms with Crippen LogP contribution in [0.1, 0.15) is 67.2 Å². The van der Waals surface area contributed by atoms with Gasteiger partial charge < -0.3 is 15.0 Å². The first-order chi connectivity index (χ1) is 19.2. The largest absolute Gasteiger partial charge is 0.497 e. The molecule has 2 atom stereocenters. The zero-order chi connectivity index (χ0) is 28.4. The zero-order valence-electron chi connectivity index (χ0n) is 24.2. The second kappa shape index (κ2) is 11.5. The molecule has 40 heavy (non-hydrogen) atoms. The van der Waals surface area contributed by atoms with Crippen LogP contribution in [0.25, 0.3) is 0 Å². The highest BCUT2D eigenvalue weighted by Gasteiger charge is 2.54. The van der Waals surface area contributed by atoms with Gasteiger partial charge in [-0.05, 0) is 62.3 Å². The molecule has 1 aromatic heterocycles. The average Bonchev–Trinajstić information content (AvgIpc) is 3.28. The molecular formula is C32H41N5O3. The van der Waals surface area contributed by atoms with E-state index in [1.807, 2.05) is 42.2 Å². The van der Waals surface area contributed by atoms with E-state index in [4.69, 9.17) is 4.74 Å². The van der Waals surface area contributed by atoms with Crippen LogP contribution in [0.2, 0.25) is 0 Å². The van der Waals surface area contributed by atoms with Crippen LogP contribution in [0, 0.1) is 19.8 Å². The summed E-state index contributed by atoms with van der Waals surface area (Å²) in [5, 5.41) is 10.8. The van der Waals surface area contributed by atoms with Gasteiger partial charge in [0.1, 0.15) is 17.3 Å². The van der Waals surface area contributed by atoms with Crippen LogP contribution in [0.5, 0.6) is 5.75 Å². The SMILES string of the molecule is COc1cccc(CN2C(=O)C(CC(C)C)NC(=O)C23CCN(C(c2ccccc2)c2c(C)n[nH]c2C)CC3)c1. The summed E-state index contributed by atoms with van der Waals surface area (Å²) in [7, 11) is 1.64. The van der Waals surface area contributed by atoms with Gasteiger partial charge in [-0.2, -0.15) is 5.10 Å². The molecule has 1 spiro atoms.